The third-order valence-corrected chi connectivity index (χ3v) is 3.73. The zero-order valence-electron chi connectivity index (χ0n) is 11.5. The number of rotatable bonds is 2. The Hall–Kier alpha value is -2.50. The van der Waals surface area contributed by atoms with Gasteiger partial charge in [0.25, 0.3) is 11.6 Å². The predicted octanol–water partition coefficient (Wildman–Crippen LogP) is 2.75. The number of nitro groups is 1. The van der Waals surface area contributed by atoms with Crippen LogP contribution in [-0.4, -0.2) is 28.1 Å². The number of carbonyl (C=O) groups is 1. The van der Waals surface area contributed by atoms with Crippen LogP contribution in [-0.2, 0) is 4.79 Å². The molecule has 2 aliphatic rings. The first-order chi connectivity index (χ1) is 10.2. The number of amidine groups is 1. The van der Waals surface area contributed by atoms with E-state index in [-0.39, 0.29) is 11.6 Å². The van der Waals surface area contributed by atoms with Gasteiger partial charge >= 0.3 is 0 Å². The fourth-order valence-electron chi connectivity index (χ4n) is 2.67. The molecule has 1 amide bonds. The molecule has 0 bridgehead atoms. The van der Waals surface area contributed by atoms with E-state index in [1.165, 1.54) is 12.1 Å². The van der Waals surface area contributed by atoms with Crippen LogP contribution in [0.4, 0.5) is 5.69 Å². The first kappa shape index (κ1) is 13.5. The van der Waals surface area contributed by atoms with Crippen molar-refractivity contribution in [2.75, 3.05) is 6.54 Å². The maximum absolute atomic E-state index is 12.4. The summed E-state index contributed by atoms with van der Waals surface area (Å²) in [6.07, 6.45) is 5.42. The number of nitrogens with zero attached hydrogens (tertiary/aromatic N) is 3. The van der Waals surface area contributed by atoms with Crippen LogP contribution in [0.15, 0.2) is 35.0 Å². The van der Waals surface area contributed by atoms with Gasteiger partial charge in [-0.1, -0.05) is 18.6 Å². The molecular weight excluding hydrogens is 270 g/mol. The fourth-order valence-corrected chi connectivity index (χ4v) is 2.67. The largest absolute Gasteiger partial charge is 0.295 e. The van der Waals surface area contributed by atoms with Crippen LogP contribution < -0.4 is 0 Å². The first-order valence-corrected chi connectivity index (χ1v) is 7.01. The van der Waals surface area contributed by atoms with E-state index in [0.29, 0.717) is 17.8 Å². The van der Waals surface area contributed by atoms with E-state index < -0.39 is 4.92 Å². The number of hydrogen-bond acceptors (Lipinski definition) is 4. The molecule has 0 N–H and O–H groups in total. The van der Waals surface area contributed by atoms with Crippen LogP contribution >= 0.6 is 0 Å². The lowest BCUT2D eigenvalue weighted by molar-refractivity contribution is -0.385. The molecule has 0 saturated carbocycles. The van der Waals surface area contributed by atoms with Crippen molar-refractivity contribution in [1.29, 1.82) is 0 Å². The lowest BCUT2D eigenvalue weighted by Gasteiger charge is -2.13. The van der Waals surface area contributed by atoms with Gasteiger partial charge in [0.15, 0.2) is 0 Å². The minimum absolute atomic E-state index is 0.0138. The fraction of sp³-hybridized carbons (Fsp3) is 0.333. The molecule has 0 unspecified atom stereocenters. The molecule has 1 aromatic rings. The number of fused-ring (bicyclic) bond motifs is 1. The lowest BCUT2D eigenvalue weighted by atomic mass is 10.1. The van der Waals surface area contributed by atoms with Gasteiger partial charge in [0, 0.05) is 19.0 Å². The maximum Gasteiger partial charge on any atom is 0.277 e. The SMILES string of the molecule is O=C1/C(=C/c2ccccc2[N+](=O)[O-])N=C2CCCCCN12. The minimum Gasteiger partial charge on any atom is -0.295 e. The van der Waals surface area contributed by atoms with Gasteiger partial charge in [0.05, 0.1) is 10.5 Å². The Morgan fingerprint density at radius 3 is 2.86 bits per heavy atom. The number of hydrogen-bond donors (Lipinski definition) is 0. The van der Waals surface area contributed by atoms with Gasteiger partial charge in [-0.3, -0.25) is 19.8 Å². The van der Waals surface area contributed by atoms with E-state index in [2.05, 4.69) is 4.99 Å². The van der Waals surface area contributed by atoms with Gasteiger partial charge in [-0.2, -0.15) is 0 Å². The van der Waals surface area contributed by atoms with E-state index in [1.54, 1.807) is 23.1 Å². The van der Waals surface area contributed by atoms with Crippen molar-refractivity contribution in [3.05, 3.63) is 45.6 Å². The van der Waals surface area contributed by atoms with Crippen molar-refractivity contribution in [3.8, 4) is 0 Å². The highest BCUT2D eigenvalue weighted by molar-refractivity contribution is 6.14. The summed E-state index contributed by atoms with van der Waals surface area (Å²) in [6, 6.07) is 6.37. The summed E-state index contributed by atoms with van der Waals surface area (Å²) in [4.78, 5) is 29.0. The van der Waals surface area contributed by atoms with Crippen molar-refractivity contribution in [2.24, 2.45) is 4.99 Å². The molecule has 6 heteroatoms. The summed E-state index contributed by atoms with van der Waals surface area (Å²) in [5.74, 6) is 0.646. The molecule has 0 aromatic heterocycles. The number of para-hydroxylation sites is 1. The number of benzene rings is 1. The second-order valence-corrected chi connectivity index (χ2v) is 5.14. The van der Waals surface area contributed by atoms with Crippen molar-refractivity contribution >= 4 is 23.5 Å². The Labute approximate surface area is 121 Å². The van der Waals surface area contributed by atoms with Gasteiger partial charge in [-0.25, -0.2) is 4.99 Å². The Morgan fingerprint density at radius 2 is 2.05 bits per heavy atom. The summed E-state index contributed by atoms with van der Waals surface area (Å²) >= 11 is 0. The van der Waals surface area contributed by atoms with Crippen molar-refractivity contribution in [1.82, 2.24) is 4.90 Å². The lowest BCUT2D eigenvalue weighted by Crippen LogP contribution is -2.31. The highest BCUT2D eigenvalue weighted by Crippen LogP contribution is 2.26. The summed E-state index contributed by atoms with van der Waals surface area (Å²) in [6.45, 7) is 0.686. The highest BCUT2D eigenvalue weighted by atomic mass is 16.6. The molecule has 3 rings (SSSR count). The van der Waals surface area contributed by atoms with E-state index in [9.17, 15) is 14.9 Å². The maximum atomic E-state index is 12.4. The molecule has 0 spiro atoms. The Kier molecular flexibility index (Phi) is 3.51. The van der Waals surface area contributed by atoms with Crippen LogP contribution in [0.1, 0.15) is 31.2 Å². The number of amides is 1. The van der Waals surface area contributed by atoms with E-state index >= 15 is 0 Å². The van der Waals surface area contributed by atoms with Gasteiger partial charge in [-0.05, 0) is 25.0 Å². The number of aliphatic imine (C=N–C) groups is 1. The standard InChI is InChI=1S/C15H15N3O3/c19-15-12(16-14-8-2-1-5-9-17(14)15)10-11-6-3-4-7-13(11)18(20)21/h3-4,6-7,10H,1-2,5,8-9H2/b12-10-. The molecule has 1 aromatic carbocycles. The Bertz CT molecular complexity index is 664. The average molecular weight is 285 g/mol. The molecule has 21 heavy (non-hydrogen) atoms. The summed E-state index contributed by atoms with van der Waals surface area (Å²) in [5.41, 5.74) is 0.689. The smallest absolute Gasteiger partial charge is 0.277 e. The van der Waals surface area contributed by atoms with E-state index in [0.717, 1.165) is 31.5 Å². The normalized spacial score (nSPS) is 20.2. The zero-order chi connectivity index (χ0) is 14.8. The summed E-state index contributed by atoms with van der Waals surface area (Å²) in [7, 11) is 0. The van der Waals surface area contributed by atoms with Crippen LogP contribution in [0.5, 0.6) is 0 Å². The molecule has 2 aliphatic heterocycles. The monoisotopic (exact) mass is 285 g/mol. The zero-order valence-corrected chi connectivity index (χ0v) is 11.5. The van der Waals surface area contributed by atoms with Crippen LogP contribution in [0, 0.1) is 10.1 Å². The third-order valence-electron chi connectivity index (χ3n) is 3.73. The molecule has 1 fully saturated rings. The van der Waals surface area contributed by atoms with E-state index in [1.807, 2.05) is 0 Å². The van der Waals surface area contributed by atoms with Crippen molar-refractivity contribution in [3.63, 3.8) is 0 Å². The minimum atomic E-state index is -0.447. The average Bonchev–Trinajstić information content (AvgIpc) is 2.66. The molecule has 0 aliphatic carbocycles. The predicted molar refractivity (Wildman–Crippen MR) is 78.7 cm³/mol. The second-order valence-electron chi connectivity index (χ2n) is 5.14. The molecule has 0 atom stereocenters. The molecule has 1 saturated heterocycles. The van der Waals surface area contributed by atoms with Gasteiger partial charge in [0.2, 0.25) is 0 Å². The van der Waals surface area contributed by atoms with Gasteiger partial charge in [-0.15, -0.1) is 0 Å². The molecule has 6 nitrogen and oxygen atoms in total. The first-order valence-electron chi connectivity index (χ1n) is 7.01. The quantitative estimate of drug-likeness (QED) is 0.476. The molecular formula is C15H15N3O3. The van der Waals surface area contributed by atoms with Crippen molar-refractivity contribution in [2.45, 2.75) is 25.7 Å². The van der Waals surface area contributed by atoms with Crippen LogP contribution in [0.2, 0.25) is 0 Å². The Morgan fingerprint density at radius 1 is 1.24 bits per heavy atom. The van der Waals surface area contributed by atoms with Crippen molar-refractivity contribution < 1.29 is 9.72 Å². The Balaban J connectivity index is 1.98. The molecule has 108 valence electrons. The number of nitro benzene ring substituents is 1. The highest BCUT2D eigenvalue weighted by Gasteiger charge is 2.31. The molecule has 0 radical (unpaired) electrons. The van der Waals surface area contributed by atoms with Crippen LogP contribution in [0.3, 0.4) is 0 Å². The van der Waals surface area contributed by atoms with Gasteiger partial charge < -0.3 is 0 Å². The third kappa shape index (κ3) is 2.56. The number of carbonyl (C=O) groups excluding carboxylic acids is 1. The topological polar surface area (TPSA) is 75.8 Å². The van der Waals surface area contributed by atoms with Crippen LogP contribution in [0.25, 0.3) is 6.08 Å². The molecule has 2 heterocycles. The second kappa shape index (κ2) is 5.47. The summed E-state index contributed by atoms with van der Waals surface area (Å²) < 4.78 is 0. The van der Waals surface area contributed by atoms with Gasteiger partial charge in [0.1, 0.15) is 11.5 Å². The van der Waals surface area contributed by atoms with E-state index in [4.69, 9.17) is 0 Å². The summed E-state index contributed by atoms with van der Waals surface area (Å²) in [5, 5.41) is 11.0.